The van der Waals surface area contributed by atoms with E-state index in [1.807, 2.05) is 26.0 Å². The van der Waals surface area contributed by atoms with Crippen LogP contribution in [-0.4, -0.2) is 23.4 Å². The van der Waals surface area contributed by atoms with Crippen molar-refractivity contribution < 1.29 is 21.2 Å². The lowest BCUT2D eigenvalue weighted by Gasteiger charge is -2.43. The molecule has 0 radical (unpaired) electrons. The number of allylic oxidation sites excluding steroid dienone is 1. The Morgan fingerprint density at radius 1 is 0.848 bits per heavy atom. The summed E-state index contributed by atoms with van der Waals surface area (Å²) >= 11 is 0. The Morgan fingerprint density at radius 2 is 1.36 bits per heavy atom. The zero-order valence-corrected chi connectivity index (χ0v) is 21.0. The molecule has 2 heterocycles. The number of rotatable bonds is 5. The SMILES string of the molecule is CC1=C(F)S(=O)(=O)c2ccc(C(C)(C)C(C)(C)c3ccc4c(c3)C(CCN)=CS4(=O)=O)cc21. The molecule has 33 heavy (non-hydrogen) atoms. The first-order valence-electron chi connectivity index (χ1n) is 10.7. The highest BCUT2D eigenvalue weighted by Crippen LogP contribution is 2.48. The van der Waals surface area contributed by atoms with Crippen molar-refractivity contribution in [3.05, 3.63) is 69.2 Å². The van der Waals surface area contributed by atoms with E-state index in [0.29, 0.717) is 34.6 Å². The fourth-order valence-corrected chi connectivity index (χ4v) is 7.61. The summed E-state index contributed by atoms with van der Waals surface area (Å²) in [5, 5.41) is 0.211. The molecule has 0 atom stereocenters. The predicted octanol–water partition coefficient (Wildman–Crippen LogP) is 4.86. The Bertz CT molecular complexity index is 1460. The number of benzene rings is 2. The van der Waals surface area contributed by atoms with Gasteiger partial charge in [0.1, 0.15) is 0 Å². The Balaban J connectivity index is 1.82. The van der Waals surface area contributed by atoms with Crippen LogP contribution in [0.2, 0.25) is 0 Å². The summed E-state index contributed by atoms with van der Waals surface area (Å²) in [4.78, 5) is 0.288. The van der Waals surface area contributed by atoms with E-state index in [0.717, 1.165) is 11.1 Å². The van der Waals surface area contributed by atoms with E-state index in [4.69, 9.17) is 5.73 Å². The molecule has 0 saturated heterocycles. The largest absolute Gasteiger partial charge is 0.330 e. The summed E-state index contributed by atoms with van der Waals surface area (Å²) in [6.07, 6.45) is 0.468. The quantitative estimate of drug-likeness (QED) is 0.647. The zero-order valence-electron chi connectivity index (χ0n) is 19.4. The third kappa shape index (κ3) is 3.33. The molecule has 5 nitrogen and oxygen atoms in total. The minimum atomic E-state index is -4.07. The summed E-state index contributed by atoms with van der Waals surface area (Å²) in [6, 6.07) is 10.4. The molecular weight excluding hydrogens is 461 g/mol. The van der Waals surface area contributed by atoms with Gasteiger partial charge < -0.3 is 5.73 Å². The second-order valence-electron chi connectivity index (χ2n) is 9.80. The number of fused-ring (bicyclic) bond motifs is 2. The van der Waals surface area contributed by atoms with Crippen LogP contribution >= 0.6 is 0 Å². The van der Waals surface area contributed by atoms with Crippen LogP contribution in [0.4, 0.5) is 4.39 Å². The van der Waals surface area contributed by atoms with Crippen molar-refractivity contribution in [1.29, 1.82) is 0 Å². The van der Waals surface area contributed by atoms with E-state index in [1.165, 1.54) is 18.4 Å². The maximum Gasteiger partial charge on any atom is 0.234 e. The highest BCUT2D eigenvalue weighted by atomic mass is 32.2. The number of hydrogen-bond acceptors (Lipinski definition) is 5. The standard InChI is InChI=1S/C25H28FNO4S2/c1-15-19-12-17(7-9-22(19)33(30,31)23(15)26)24(2,3)25(4,5)18-6-8-21-20(13-18)16(10-11-27)14-32(21,28)29/h6-9,12-14H,10-11,27H2,1-5H3. The summed E-state index contributed by atoms with van der Waals surface area (Å²) in [7, 11) is -7.54. The molecule has 2 aliphatic heterocycles. The van der Waals surface area contributed by atoms with E-state index < -0.39 is 35.7 Å². The second kappa shape index (κ2) is 7.35. The maximum atomic E-state index is 14.3. The van der Waals surface area contributed by atoms with Crippen molar-refractivity contribution >= 4 is 30.8 Å². The normalized spacial score (nSPS) is 18.8. The van der Waals surface area contributed by atoms with Gasteiger partial charge in [0.2, 0.25) is 24.8 Å². The molecule has 0 unspecified atom stereocenters. The second-order valence-corrected chi connectivity index (χ2v) is 13.4. The molecule has 0 aliphatic carbocycles. The molecule has 2 aromatic rings. The van der Waals surface area contributed by atoms with Gasteiger partial charge in [0, 0.05) is 16.5 Å². The monoisotopic (exact) mass is 489 g/mol. The van der Waals surface area contributed by atoms with Gasteiger partial charge in [-0.2, -0.15) is 4.39 Å². The summed E-state index contributed by atoms with van der Waals surface area (Å²) in [5.41, 5.74) is 8.43. The van der Waals surface area contributed by atoms with Gasteiger partial charge in [0.05, 0.1) is 9.79 Å². The minimum absolute atomic E-state index is 0.00541. The first-order chi connectivity index (χ1) is 15.2. The van der Waals surface area contributed by atoms with Gasteiger partial charge in [0.15, 0.2) is 0 Å². The summed E-state index contributed by atoms with van der Waals surface area (Å²) < 4.78 is 64.0. The van der Waals surface area contributed by atoms with Gasteiger partial charge >= 0.3 is 0 Å². The van der Waals surface area contributed by atoms with Gasteiger partial charge in [-0.25, -0.2) is 16.8 Å². The molecule has 8 heteroatoms. The molecule has 0 spiro atoms. The zero-order chi connectivity index (χ0) is 24.6. The lowest BCUT2D eigenvalue weighted by atomic mass is 9.60. The number of sulfone groups is 2. The molecule has 2 N–H and O–H groups in total. The summed E-state index contributed by atoms with van der Waals surface area (Å²) in [5.74, 6) is 0. The number of hydrogen-bond donors (Lipinski definition) is 1. The highest BCUT2D eigenvalue weighted by molar-refractivity contribution is 7.95. The first-order valence-corrected chi connectivity index (χ1v) is 13.8. The molecule has 4 rings (SSSR count). The molecule has 2 aromatic carbocycles. The molecule has 0 bridgehead atoms. The van der Waals surface area contributed by atoms with Crippen molar-refractivity contribution in [2.75, 3.05) is 6.54 Å². The van der Waals surface area contributed by atoms with Crippen LogP contribution in [0.1, 0.15) is 63.3 Å². The van der Waals surface area contributed by atoms with Crippen molar-refractivity contribution in [2.24, 2.45) is 5.73 Å². The Kier molecular flexibility index (Phi) is 5.32. The van der Waals surface area contributed by atoms with Crippen LogP contribution in [0.15, 0.2) is 56.8 Å². The lowest BCUT2D eigenvalue weighted by Crippen LogP contribution is -2.40. The van der Waals surface area contributed by atoms with Crippen LogP contribution in [0, 0.1) is 0 Å². The average molecular weight is 490 g/mol. The van der Waals surface area contributed by atoms with Gasteiger partial charge in [-0.05, 0) is 77.2 Å². The van der Waals surface area contributed by atoms with E-state index >= 15 is 0 Å². The van der Waals surface area contributed by atoms with Crippen molar-refractivity contribution in [3.8, 4) is 0 Å². The fraction of sp³-hybridized carbons (Fsp3) is 0.360. The van der Waals surface area contributed by atoms with Gasteiger partial charge in [-0.3, -0.25) is 0 Å². The van der Waals surface area contributed by atoms with Crippen LogP contribution in [0.25, 0.3) is 11.1 Å². The molecule has 0 fully saturated rings. The average Bonchev–Trinajstić information content (AvgIpc) is 3.10. The number of halogens is 1. The molecule has 0 amide bonds. The van der Waals surface area contributed by atoms with Crippen LogP contribution in [0.5, 0.6) is 0 Å². The summed E-state index contributed by atoms with van der Waals surface area (Å²) in [6.45, 7) is 10.1. The topological polar surface area (TPSA) is 94.3 Å². The fourth-order valence-electron chi connectivity index (χ4n) is 4.65. The number of nitrogens with two attached hydrogens (primary N) is 1. The van der Waals surface area contributed by atoms with Crippen molar-refractivity contribution in [3.63, 3.8) is 0 Å². The highest BCUT2D eigenvalue weighted by Gasteiger charge is 2.42. The van der Waals surface area contributed by atoms with Gasteiger partial charge in [-0.15, -0.1) is 0 Å². The van der Waals surface area contributed by atoms with E-state index in [-0.39, 0.29) is 10.5 Å². The van der Waals surface area contributed by atoms with Crippen LogP contribution < -0.4 is 5.73 Å². The molecular formula is C25H28FNO4S2. The third-order valence-electron chi connectivity index (χ3n) is 7.55. The molecule has 2 aliphatic rings. The van der Waals surface area contributed by atoms with Gasteiger partial charge in [-0.1, -0.05) is 39.8 Å². The van der Waals surface area contributed by atoms with Crippen molar-refractivity contribution in [1.82, 2.24) is 0 Å². The van der Waals surface area contributed by atoms with Crippen LogP contribution in [0.3, 0.4) is 0 Å². The molecule has 0 aromatic heterocycles. The third-order valence-corrected chi connectivity index (χ3v) is 10.8. The van der Waals surface area contributed by atoms with E-state index in [2.05, 4.69) is 13.8 Å². The smallest absolute Gasteiger partial charge is 0.234 e. The Labute approximate surface area is 195 Å². The van der Waals surface area contributed by atoms with E-state index in [9.17, 15) is 21.2 Å². The minimum Gasteiger partial charge on any atom is -0.330 e. The molecule has 0 saturated carbocycles. The van der Waals surface area contributed by atoms with Crippen LogP contribution in [-0.2, 0) is 30.5 Å². The van der Waals surface area contributed by atoms with Crippen molar-refractivity contribution in [2.45, 2.75) is 61.7 Å². The maximum absolute atomic E-state index is 14.3. The predicted molar refractivity (Wildman–Crippen MR) is 129 cm³/mol. The first kappa shape index (κ1) is 23.9. The molecule has 176 valence electrons. The Morgan fingerprint density at radius 3 is 1.91 bits per heavy atom. The lowest BCUT2D eigenvalue weighted by molar-refractivity contribution is 0.302. The Hall–Kier alpha value is -2.29. The van der Waals surface area contributed by atoms with E-state index in [1.54, 1.807) is 18.2 Å². The van der Waals surface area contributed by atoms with Gasteiger partial charge in [0.25, 0.3) is 0 Å².